The number of halogens is 4. The van der Waals surface area contributed by atoms with Gasteiger partial charge in [0.1, 0.15) is 0 Å². The summed E-state index contributed by atoms with van der Waals surface area (Å²) in [6, 6.07) is 5.78. The van der Waals surface area contributed by atoms with Crippen molar-refractivity contribution in [3.05, 3.63) is 91.4 Å². The largest absolute Gasteiger partial charge is 0.504 e. The van der Waals surface area contributed by atoms with Gasteiger partial charge in [-0.15, -0.1) is 0 Å². The number of ether oxygens (including phenoxy) is 3. The molecule has 232 valence electrons. The lowest BCUT2D eigenvalue weighted by Gasteiger charge is -2.14. The fourth-order valence-electron chi connectivity index (χ4n) is 3.90. The fraction of sp³-hybridized carbons (Fsp3) is 0.200. The highest BCUT2D eigenvalue weighted by molar-refractivity contribution is 6.36. The molecule has 10 nitrogen and oxygen atoms in total. The second kappa shape index (κ2) is 15.7. The maximum absolute atomic E-state index is 12.5. The zero-order valence-electron chi connectivity index (χ0n) is 23.5. The average Bonchev–Trinajstić information content (AvgIpc) is 2.99. The molecule has 3 N–H and O–H groups in total. The molecule has 2 heterocycles. The van der Waals surface area contributed by atoms with Crippen molar-refractivity contribution in [1.82, 2.24) is 9.97 Å². The number of hydrogen-bond donors (Lipinski definition) is 3. The Kier molecular flexibility index (Phi) is 12.3. The highest BCUT2D eigenvalue weighted by Gasteiger charge is 2.22. The Hall–Kier alpha value is -3.96. The van der Waals surface area contributed by atoms with E-state index in [-0.39, 0.29) is 57.0 Å². The molecule has 0 saturated heterocycles. The first kappa shape index (κ1) is 34.5. The van der Waals surface area contributed by atoms with Crippen molar-refractivity contribution in [3.63, 3.8) is 0 Å². The van der Waals surface area contributed by atoms with Gasteiger partial charge in [0.2, 0.25) is 11.5 Å². The topological polar surface area (TPSA) is 148 Å². The number of pyridine rings is 2. The predicted octanol–water partition coefficient (Wildman–Crippen LogP) is 7.16. The van der Waals surface area contributed by atoms with Crippen LogP contribution in [0, 0.1) is 0 Å². The van der Waals surface area contributed by atoms with Gasteiger partial charge in [0, 0.05) is 48.8 Å². The first-order chi connectivity index (χ1) is 20.9. The maximum atomic E-state index is 12.5. The number of carbonyl (C=O) groups is 2. The van der Waals surface area contributed by atoms with Crippen molar-refractivity contribution >= 4 is 58.0 Å². The Morgan fingerprint density at radius 1 is 0.659 bits per heavy atom. The fourth-order valence-corrected chi connectivity index (χ4v) is 4.90. The minimum absolute atomic E-state index is 0.0442. The van der Waals surface area contributed by atoms with Crippen molar-refractivity contribution in [1.29, 1.82) is 0 Å². The summed E-state index contributed by atoms with van der Waals surface area (Å²) >= 11 is 23.9. The number of aromatic hydroxyl groups is 3. The number of ketones is 2. The normalized spacial score (nSPS) is 10.4. The molecule has 0 aliphatic carbocycles. The summed E-state index contributed by atoms with van der Waals surface area (Å²) in [5.41, 5.74) is 0.935. The SMILES string of the molecule is CCOc1c(OC)ccc(C(=O)Cc2c(Cl)cncc2Cl)c1O.COc1ccc(C(=O)Cc2c(Cl)cncc2Cl)c(O)c1O. The molecule has 14 heteroatoms. The van der Waals surface area contributed by atoms with Gasteiger partial charge in [0.15, 0.2) is 34.6 Å². The Bertz CT molecular complexity index is 1640. The van der Waals surface area contributed by atoms with Crippen molar-refractivity contribution in [2.24, 2.45) is 0 Å². The molecular weight excluding hydrogens is 658 g/mol. The molecule has 4 aromatic rings. The molecule has 2 aromatic carbocycles. The molecule has 0 bridgehead atoms. The lowest BCUT2D eigenvalue weighted by Crippen LogP contribution is -2.07. The van der Waals surface area contributed by atoms with Crippen molar-refractivity contribution in [2.75, 3.05) is 20.8 Å². The monoisotopic (exact) mass is 682 g/mol. The quantitative estimate of drug-likeness (QED) is 0.116. The Labute approximate surface area is 272 Å². The molecule has 0 fully saturated rings. The first-order valence-electron chi connectivity index (χ1n) is 12.7. The third kappa shape index (κ3) is 7.95. The number of carbonyl (C=O) groups excluding carboxylic acids is 2. The number of phenols is 3. The molecular formula is C30H26Cl4N2O8. The summed E-state index contributed by atoms with van der Waals surface area (Å²) < 4.78 is 15.3. The number of aromatic nitrogens is 2. The molecule has 0 spiro atoms. The van der Waals surface area contributed by atoms with E-state index in [1.54, 1.807) is 13.0 Å². The van der Waals surface area contributed by atoms with Crippen LogP contribution in [0.25, 0.3) is 0 Å². The molecule has 0 amide bonds. The van der Waals surface area contributed by atoms with Crippen LogP contribution in [0.4, 0.5) is 0 Å². The number of rotatable bonds is 10. The van der Waals surface area contributed by atoms with Gasteiger partial charge in [0.05, 0.1) is 52.0 Å². The minimum atomic E-state index is -0.541. The van der Waals surface area contributed by atoms with E-state index in [4.69, 9.17) is 60.6 Å². The molecule has 2 aromatic heterocycles. The second-order valence-corrected chi connectivity index (χ2v) is 10.4. The van der Waals surface area contributed by atoms with Crippen LogP contribution in [0.3, 0.4) is 0 Å². The lowest BCUT2D eigenvalue weighted by molar-refractivity contribution is 0.0981. The zero-order chi connectivity index (χ0) is 32.6. The smallest absolute Gasteiger partial charge is 0.204 e. The number of nitrogens with zero attached hydrogens (tertiary/aromatic N) is 2. The van der Waals surface area contributed by atoms with E-state index in [1.807, 2.05) is 0 Å². The number of benzene rings is 2. The van der Waals surface area contributed by atoms with Gasteiger partial charge in [-0.2, -0.15) is 0 Å². The highest BCUT2D eigenvalue weighted by atomic mass is 35.5. The van der Waals surface area contributed by atoms with Gasteiger partial charge in [-0.05, 0) is 31.2 Å². The Balaban J connectivity index is 0.000000241. The van der Waals surface area contributed by atoms with Crippen LogP contribution in [0.1, 0.15) is 38.8 Å². The maximum Gasteiger partial charge on any atom is 0.204 e. The van der Waals surface area contributed by atoms with Crippen molar-refractivity contribution in [2.45, 2.75) is 19.8 Å². The van der Waals surface area contributed by atoms with Crippen LogP contribution in [-0.2, 0) is 12.8 Å². The van der Waals surface area contributed by atoms with E-state index in [9.17, 15) is 24.9 Å². The van der Waals surface area contributed by atoms with E-state index in [0.29, 0.717) is 33.5 Å². The third-order valence-corrected chi connectivity index (χ3v) is 7.42. The summed E-state index contributed by atoms with van der Waals surface area (Å²) in [5.74, 6) is -1.53. The molecule has 0 saturated carbocycles. The van der Waals surface area contributed by atoms with Gasteiger partial charge < -0.3 is 29.5 Å². The van der Waals surface area contributed by atoms with Gasteiger partial charge in [-0.3, -0.25) is 19.6 Å². The van der Waals surface area contributed by atoms with Gasteiger partial charge in [-0.25, -0.2) is 0 Å². The summed E-state index contributed by atoms with van der Waals surface area (Å²) in [5, 5.41) is 31.0. The number of phenolic OH excluding ortho intramolecular Hbond substituents is 3. The van der Waals surface area contributed by atoms with Crippen LogP contribution in [-0.4, -0.2) is 57.7 Å². The van der Waals surface area contributed by atoms with Gasteiger partial charge >= 0.3 is 0 Å². The first-order valence-corrected chi connectivity index (χ1v) is 14.2. The van der Waals surface area contributed by atoms with E-state index >= 15 is 0 Å². The number of methoxy groups -OCH3 is 2. The van der Waals surface area contributed by atoms with Crippen molar-refractivity contribution in [3.8, 4) is 34.5 Å². The van der Waals surface area contributed by atoms with E-state index in [1.165, 1.54) is 57.2 Å². The van der Waals surface area contributed by atoms with Gasteiger partial charge in [0.25, 0.3) is 0 Å². The third-order valence-electron chi connectivity index (χ3n) is 6.12. The standard InChI is InChI=1S/C16H15Cl2NO4.C14H11Cl2NO4/c1-3-23-16-14(22-2)5-4-9(15(16)21)13(20)6-10-11(17)7-19-8-12(10)18;1-21-12-3-2-7(13(19)14(12)20)11(18)4-8-9(15)5-17-6-10(8)16/h4-5,7-8,21H,3,6H2,1-2H3;2-3,5-6,19-20H,4H2,1H3. The van der Waals surface area contributed by atoms with E-state index in [2.05, 4.69) is 9.97 Å². The van der Waals surface area contributed by atoms with Crippen LogP contribution < -0.4 is 14.2 Å². The zero-order valence-corrected chi connectivity index (χ0v) is 26.6. The Morgan fingerprint density at radius 3 is 1.48 bits per heavy atom. The summed E-state index contributed by atoms with van der Waals surface area (Å²) in [6.07, 6.45) is 5.39. The molecule has 0 aliphatic heterocycles. The molecule has 0 radical (unpaired) electrons. The summed E-state index contributed by atoms with van der Waals surface area (Å²) in [4.78, 5) is 32.4. The van der Waals surface area contributed by atoms with Crippen LogP contribution in [0.2, 0.25) is 20.1 Å². The summed E-state index contributed by atoms with van der Waals surface area (Å²) in [6.45, 7) is 2.09. The average molecular weight is 684 g/mol. The van der Waals surface area contributed by atoms with Crippen LogP contribution >= 0.6 is 46.4 Å². The molecule has 4 rings (SSSR count). The van der Waals surface area contributed by atoms with Gasteiger partial charge in [-0.1, -0.05) is 46.4 Å². The molecule has 0 aliphatic rings. The molecule has 44 heavy (non-hydrogen) atoms. The second-order valence-electron chi connectivity index (χ2n) is 8.80. The summed E-state index contributed by atoms with van der Waals surface area (Å²) in [7, 11) is 2.79. The van der Waals surface area contributed by atoms with E-state index in [0.717, 1.165) is 0 Å². The van der Waals surface area contributed by atoms with Crippen LogP contribution in [0.5, 0.6) is 34.5 Å². The lowest BCUT2D eigenvalue weighted by atomic mass is 10.0. The molecule has 0 unspecified atom stereocenters. The highest BCUT2D eigenvalue weighted by Crippen LogP contribution is 2.40. The number of Topliss-reactive ketones (excluding diaryl/α,β-unsaturated/α-hetero) is 2. The minimum Gasteiger partial charge on any atom is -0.504 e. The van der Waals surface area contributed by atoms with E-state index < -0.39 is 17.3 Å². The Morgan fingerprint density at radius 2 is 1.07 bits per heavy atom. The number of hydrogen-bond acceptors (Lipinski definition) is 10. The van der Waals surface area contributed by atoms with Crippen molar-refractivity contribution < 1.29 is 39.1 Å². The predicted molar refractivity (Wildman–Crippen MR) is 167 cm³/mol. The van der Waals surface area contributed by atoms with Crippen LogP contribution in [0.15, 0.2) is 49.1 Å². The molecule has 0 atom stereocenters.